The molecule has 2 atom stereocenters. The number of aromatic nitrogens is 1. The van der Waals surface area contributed by atoms with Crippen LogP contribution in [0.1, 0.15) is 48.8 Å². The summed E-state index contributed by atoms with van der Waals surface area (Å²) in [5.74, 6) is -0.768. The van der Waals surface area contributed by atoms with Gasteiger partial charge in [-0.2, -0.15) is 0 Å². The molecule has 4 rings (SSSR count). The van der Waals surface area contributed by atoms with Gasteiger partial charge in [-0.15, -0.1) is 11.3 Å². The summed E-state index contributed by atoms with van der Waals surface area (Å²) in [7, 11) is 0. The summed E-state index contributed by atoms with van der Waals surface area (Å²) in [6.45, 7) is 6.36. The maximum atomic E-state index is 12.5. The number of likely N-dealkylation sites (tertiary alicyclic amines) is 1. The number of carbonyl (C=O) groups is 3. The third kappa shape index (κ3) is 3.90. The van der Waals surface area contributed by atoms with E-state index in [9.17, 15) is 14.4 Å². The Morgan fingerprint density at radius 1 is 1.07 bits per heavy atom. The van der Waals surface area contributed by atoms with Gasteiger partial charge < -0.3 is 5.32 Å². The van der Waals surface area contributed by atoms with Crippen LogP contribution in [-0.2, 0) is 14.4 Å². The van der Waals surface area contributed by atoms with Gasteiger partial charge in [-0.3, -0.25) is 19.3 Å². The molecular formula is C23H27N3O3S. The van der Waals surface area contributed by atoms with E-state index in [4.69, 9.17) is 0 Å². The van der Waals surface area contributed by atoms with Crippen LogP contribution < -0.4 is 5.32 Å². The lowest BCUT2D eigenvalue weighted by Crippen LogP contribution is -2.34. The Bertz CT molecular complexity index is 989. The predicted octanol–water partition coefficient (Wildman–Crippen LogP) is 4.24. The van der Waals surface area contributed by atoms with E-state index in [2.05, 4.69) is 43.2 Å². The highest BCUT2D eigenvalue weighted by Gasteiger charge is 2.47. The molecule has 1 aromatic heterocycles. The highest BCUT2D eigenvalue weighted by atomic mass is 32.1. The lowest BCUT2D eigenvalue weighted by Gasteiger charge is -2.19. The van der Waals surface area contributed by atoms with Gasteiger partial charge in [-0.1, -0.05) is 18.9 Å². The number of nitrogens with zero attached hydrogens (tertiary/aromatic N) is 2. The first-order valence-corrected chi connectivity index (χ1v) is 11.4. The van der Waals surface area contributed by atoms with Crippen molar-refractivity contribution in [2.75, 3.05) is 11.9 Å². The lowest BCUT2D eigenvalue weighted by molar-refractivity contribution is -0.140. The van der Waals surface area contributed by atoms with Gasteiger partial charge in [0.05, 0.1) is 17.5 Å². The number of thiazole rings is 1. The van der Waals surface area contributed by atoms with E-state index in [1.807, 2.05) is 5.38 Å². The van der Waals surface area contributed by atoms with Gasteiger partial charge >= 0.3 is 0 Å². The average Bonchev–Trinajstić information content (AvgIpc) is 3.27. The zero-order valence-electron chi connectivity index (χ0n) is 17.7. The second kappa shape index (κ2) is 8.30. The number of aryl methyl sites for hydroxylation is 3. The molecular weight excluding hydrogens is 398 g/mol. The molecule has 6 nitrogen and oxygen atoms in total. The van der Waals surface area contributed by atoms with Crippen molar-refractivity contribution in [2.24, 2.45) is 11.8 Å². The second-order valence-corrected chi connectivity index (χ2v) is 9.27. The second-order valence-electron chi connectivity index (χ2n) is 8.41. The fraction of sp³-hybridized carbons (Fsp3) is 0.478. The molecule has 2 heterocycles. The Kier molecular flexibility index (Phi) is 5.73. The van der Waals surface area contributed by atoms with E-state index >= 15 is 0 Å². The number of nitrogens with one attached hydrogen (secondary N) is 1. The standard InChI is InChI=1S/C23H27N3O3S/c1-13-10-15(3)18(11-14(13)2)19-12-30-23(24-19)25-20(27)8-9-26-21(28)16-6-4-5-7-17(16)22(26)29/h10-12,16-17H,4-9H2,1-3H3,(H,24,25,27). The smallest absolute Gasteiger partial charge is 0.233 e. The van der Waals surface area contributed by atoms with Crippen molar-refractivity contribution in [3.05, 3.63) is 34.2 Å². The fourth-order valence-corrected chi connectivity index (χ4v) is 5.26. The minimum atomic E-state index is -0.233. The van der Waals surface area contributed by atoms with E-state index in [0.29, 0.717) is 5.13 Å². The van der Waals surface area contributed by atoms with Crippen LogP contribution in [0, 0.1) is 32.6 Å². The Labute approximate surface area is 180 Å². The molecule has 0 radical (unpaired) electrons. The number of rotatable bonds is 5. The molecule has 0 spiro atoms. The first-order chi connectivity index (χ1) is 14.3. The first-order valence-electron chi connectivity index (χ1n) is 10.5. The summed E-state index contributed by atoms with van der Waals surface area (Å²) in [6.07, 6.45) is 3.67. The summed E-state index contributed by atoms with van der Waals surface area (Å²) < 4.78 is 0. The molecule has 2 fully saturated rings. The molecule has 0 bridgehead atoms. The van der Waals surface area contributed by atoms with E-state index in [1.54, 1.807) is 0 Å². The van der Waals surface area contributed by atoms with Gasteiger partial charge in [-0.05, 0) is 56.4 Å². The molecule has 2 unspecified atom stereocenters. The fourth-order valence-electron chi connectivity index (χ4n) is 4.54. The summed E-state index contributed by atoms with van der Waals surface area (Å²) in [6, 6.07) is 4.26. The summed E-state index contributed by atoms with van der Waals surface area (Å²) in [4.78, 5) is 43.3. The topological polar surface area (TPSA) is 79.4 Å². The molecule has 1 N–H and O–H groups in total. The molecule has 1 aliphatic heterocycles. The number of amides is 3. The van der Waals surface area contributed by atoms with Crippen molar-refractivity contribution in [1.29, 1.82) is 0 Å². The Morgan fingerprint density at radius 2 is 1.70 bits per heavy atom. The number of imide groups is 1. The Hall–Kier alpha value is -2.54. The van der Waals surface area contributed by atoms with Crippen molar-refractivity contribution >= 4 is 34.2 Å². The average molecular weight is 426 g/mol. The molecule has 2 aliphatic rings. The number of hydrogen-bond acceptors (Lipinski definition) is 5. The van der Waals surface area contributed by atoms with E-state index < -0.39 is 0 Å². The minimum absolute atomic E-state index is 0.0918. The van der Waals surface area contributed by atoms with Gasteiger partial charge in [0.1, 0.15) is 0 Å². The van der Waals surface area contributed by atoms with Crippen LogP contribution in [0.4, 0.5) is 5.13 Å². The summed E-state index contributed by atoms with van der Waals surface area (Å²) >= 11 is 1.38. The normalized spacial score (nSPS) is 21.1. The molecule has 3 amide bonds. The third-order valence-corrected chi connectivity index (χ3v) is 7.12. The van der Waals surface area contributed by atoms with E-state index in [1.165, 1.54) is 27.4 Å². The SMILES string of the molecule is Cc1cc(C)c(-c2csc(NC(=O)CCN3C(=O)C4CCCCC4C3=O)n2)cc1C. The van der Waals surface area contributed by atoms with Crippen LogP contribution in [0.5, 0.6) is 0 Å². The van der Waals surface area contributed by atoms with Gasteiger partial charge in [0.2, 0.25) is 17.7 Å². The lowest BCUT2D eigenvalue weighted by atomic mass is 9.81. The monoisotopic (exact) mass is 425 g/mol. The molecule has 158 valence electrons. The number of hydrogen-bond donors (Lipinski definition) is 1. The first kappa shape index (κ1) is 20.7. The van der Waals surface area contributed by atoms with E-state index in [0.717, 1.165) is 42.5 Å². The highest BCUT2D eigenvalue weighted by Crippen LogP contribution is 2.38. The molecule has 1 saturated heterocycles. The van der Waals surface area contributed by atoms with Crippen molar-refractivity contribution in [3.63, 3.8) is 0 Å². The van der Waals surface area contributed by atoms with Crippen LogP contribution in [0.25, 0.3) is 11.3 Å². The van der Waals surface area contributed by atoms with Gasteiger partial charge in [0, 0.05) is 23.9 Å². The maximum Gasteiger partial charge on any atom is 0.233 e. The van der Waals surface area contributed by atoms with Crippen molar-refractivity contribution in [3.8, 4) is 11.3 Å². The predicted molar refractivity (Wildman–Crippen MR) is 117 cm³/mol. The molecule has 1 saturated carbocycles. The molecule has 1 aliphatic carbocycles. The number of fused-ring (bicyclic) bond motifs is 1. The van der Waals surface area contributed by atoms with Crippen LogP contribution in [-0.4, -0.2) is 34.2 Å². The van der Waals surface area contributed by atoms with Gasteiger partial charge in [0.25, 0.3) is 0 Å². The zero-order valence-corrected chi connectivity index (χ0v) is 18.5. The van der Waals surface area contributed by atoms with Crippen molar-refractivity contribution in [1.82, 2.24) is 9.88 Å². The number of carbonyl (C=O) groups excluding carboxylic acids is 3. The van der Waals surface area contributed by atoms with Crippen LogP contribution in [0.15, 0.2) is 17.5 Å². The Balaban J connectivity index is 1.37. The summed E-state index contributed by atoms with van der Waals surface area (Å²) in [5.41, 5.74) is 5.49. The minimum Gasteiger partial charge on any atom is -0.302 e. The van der Waals surface area contributed by atoms with E-state index in [-0.39, 0.29) is 42.5 Å². The van der Waals surface area contributed by atoms with Crippen molar-refractivity contribution in [2.45, 2.75) is 52.9 Å². The summed E-state index contributed by atoms with van der Waals surface area (Å²) in [5, 5.41) is 5.28. The molecule has 7 heteroatoms. The highest BCUT2D eigenvalue weighted by molar-refractivity contribution is 7.14. The quantitative estimate of drug-likeness (QED) is 0.727. The number of anilines is 1. The zero-order chi connectivity index (χ0) is 21.4. The molecule has 2 aromatic rings. The van der Waals surface area contributed by atoms with Gasteiger partial charge in [-0.25, -0.2) is 4.98 Å². The molecule has 1 aromatic carbocycles. The largest absolute Gasteiger partial charge is 0.302 e. The van der Waals surface area contributed by atoms with Crippen LogP contribution in [0.2, 0.25) is 0 Å². The third-order valence-electron chi connectivity index (χ3n) is 6.36. The number of benzene rings is 1. The van der Waals surface area contributed by atoms with Crippen molar-refractivity contribution < 1.29 is 14.4 Å². The molecule has 30 heavy (non-hydrogen) atoms. The van der Waals surface area contributed by atoms with Crippen LogP contribution >= 0.6 is 11.3 Å². The van der Waals surface area contributed by atoms with Gasteiger partial charge in [0.15, 0.2) is 5.13 Å². The maximum absolute atomic E-state index is 12.5. The van der Waals surface area contributed by atoms with Crippen LogP contribution in [0.3, 0.4) is 0 Å². The Morgan fingerprint density at radius 3 is 2.37 bits per heavy atom.